The lowest BCUT2D eigenvalue weighted by atomic mass is 9.98. The van der Waals surface area contributed by atoms with Gasteiger partial charge >= 0.3 is 0 Å². The van der Waals surface area contributed by atoms with Crippen LogP contribution in [0.5, 0.6) is 0 Å². The molecule has 37 heavy (non-hydrogen) atoms. The fourth-order valence-electron chi connectivity index (χ4n) is 6.02. The molecule has 3 aromatic heterocycles. The van der Waals surface area contributed by atoms with Crippen LogP contribution >= 0.6 is 0 Å². The second-order valence-electron chi connectivity index (χ2n) is 10.3. The average Bonchev–Trinajstić information content (AvgIpc) is 3.35. The third-order valence-corrected chi connectivity index (χ3v) is 8.16. The molecule has 9 nitrogen and oxygen atoms in total. The van der Waals surface area contributed by atoms with Crippen LogP contribution in [0.25, 0.3) is 16.6 Å². The van der Waals surface area contributed by atoms with Gasteiger partial charge in [-0.05, 0) is 43.7 Å². The highest BCUT2D eigenvalue weighted by Gasteiger charge is 2.30. The van der Waals surface area contributed by atoms with Crippen LogP contribution in [-0.2, 0) is 11.2 Å². The molecular formula is C28H34N8O. The molecule has 0 bridgehead atoms. The van der Waals surface area contributed by atoms with Gasteiger partial charge in [-0.1, -0.05) is 19.1 Å². The molecule has 6 heterocycles. The van der Waals surface area contributed by atoms with Crippen molar-refractivity contribution in [2.75, 3.05) is 60.6 Å². The van der Waals surface area contributed by atoms with E-state index in [0.29, 0.717) is 0 Å². The van der Waals surface area contributed by atoms with Crippen molar-refractivity contribution < 1.29 is 4.74 Å². The van der Waals surface area contributed by atoms with Gasteiger partial charge in [0.2, 0.25) is 0 Å². The Morgan fingerprint density at radius 2 is 1.84 bits per heavy atom. The Labute approximate surface area is 217 Å². The van der Waals surface area contributed by atoms with Crippen LogP contribution in [0.3, 0.4) is 0 Å². The number of rotatable bonds is 5. The lowest BCUT2D eigenvalue weighted by Crippen LogP contribution is -2.40. The van der Waals surface area contributed by atoms with E-state index in [-0.39, 0.29) is 6.04 Å². The number of aryl methyl sites for hydroxylation is 1. The maximum atomic E-state index is 5.64. The zero-order chi connectivity index (χ0) is 24.8. The number of aromatic nitrogens is 5. The smallest absolute Gasteiger partial charge is 0.160 e. The predicted octanol–water partition coefficient (Wildman–Crippen LogP) is 4.01. The number of nitrogens with zero attached hydrogens (tertiary/aromatic N) is 8. The minimum Gasteiger partial charge on any atom is -0.378 e. The van der Waals surface area contributed by atoms with Crippen molar-refractivity contribution in [1.29, 1.82) is 0 Å². The van der Waals surface area contributed by atoms with Crippen LogP contribution in [-0.4, -0.2) is 70.5 Å². The third-order valence-electron chi connectivity index (χ3n) is 8.16. The zero-order valence-electron chi connectivity index (χ0n) is 21.5. The first-order chi connectivity index (χ1) is 18.3. The quantitative estimate of drug-likeness (QED) is 0.409. The van der Waals surface area contributed by atoms with E-state index in [1.54, 1.807) is 6.33 Å². The molecule has 0 saturated carbocycles. The topological polar surface area (TPSA) is 74.9 Å². The van der Waals surface area contributed by atoms with E-state index in [9.17, 15) is 0 Å². The van der Waals surface area contributed by atoms with Gasteiger partial charge in [0, 0.05) is 50.2 Å². The Bertz CT molecular complexity index is 1420. The highest BCUT2D eigenvalue weighted by Crippen LogP contribution is 2.38. The summed E-state index contributed by atoms with van der Waals surface area (Å²) < 4.78 is 7.71. The summed E-state index contributed by atoms with van der Waals surface area (Å²) in [4.78, 5) is 21.7. The highest BCUT2D eigenvalue weighted by molar-refractivity contribution is 5.92. The summed E-state index contributed by atoms with van der Waals surface area (Å²) in [6, 6.07) is 11.0. The van der Waals surface area contributed by atoms with Crippen LogP contribution in [0, 0.1) is 0 Å². The number of fused-ring (bicyclic) bond motifs is 2. The van der Waals surface area contributed by atoms with Gasteiger partial charge in [0.1, 0.15) is 23.8 Å². The second-order valence-corrected chi connectivity index (χ2v) is 10.3. The highest BCUT2D eigenvalue weighted by atomic mass is 16.5. The SMILES string of the molecule is CCc1cccc2ncnc(N3CCCCC3c3cc4nc(N5CCC5)cc(N5CCOCC5)n4n3)c12. The first kappa shape index (κ1) is 22.7. The van der Waals surface area contributed by atoms with E-state index in [2.05, 4.69) is 61.5 Å². The van der Waals surface area contributed by atoms with E-state index >= 15 is 0 Å². The van der Waals surface area contributed by atoms with E-state index < -0.39 is 0 Å². The lowest BCUT2D eigenvalue weighted by Gasteiger charge is -2.36. The van der Waals surface area contributed by atoms with Crippen LogP contribution in [0.4, 0.5) is 17.5 Å². The summed E-state index contributed by atoms with van der Waals surface area (Å²) >= 11 is 0. The standard InChI is InChI=1S/C28H34N8O/c1-2-20-7-5-8-21-27(20)28(30-19-29-21)35-12-4-3-9-23(35)22-17-25-31-24(33-10-6-11-33)18-26(36(25)32-22)34-13-15-37-16-14-34/h5,7-8,17-19,23H,2-4,6,9-16H2,1H3. The van der Waals surface area contributed by atoms with Gasteiger partial charge in [-0.15, -0.1) is 0 Å². The number of ether oxygens (including phenoxy) is 1. The Kier molecular flexibility index (Phi) is 5.80. The van der Waals surface area contributed by atoms with Crippen LogP contribution in [0.2, 0.25) is 0 Å². The van der Waals surface area contributed by atoms with Gasteiger partial charge in [0.25, 0.3) is 0 Å². The van der Waals surface area contributed by atoms with Gasteiger partial charge in [-0.25, -0.2) is 15.0 Å². The molecule has 0 aliphatic carbocycles. The maximum Gasteiger partial charge on any atom is 0.160 e. The maximum absolute atomic E-state index is 5.64. The van der Waals surface area contributed by atoms with Crippen LogP contribution in [0.1, 0.15) is 49.9 Å². The molecule has 3 aliphatic rings. The fourth-order valence-corrected chi connectivity index (χ4v) is 6.02. The van der Waals surface area contributed by atoms with Gasteiger partial charge in [-0.2, -0.15) is 9.61 Å². The molecule has 3 saturated heterocycles. The molecule has 1 unspecified atom stereocenters. The number of anilines is 3. The first-order valence-corrected chi connectivity index (χ1v) is 13.8. The Morgan fingerprint density at radius 1 is 0.946 bits per heavy atom. The normalized spacial score (nSPS) is 20.6. The van der Waals surface area contributed by atoms with E-state index in [1.807, 2.05) is 0 Å². The molecule has 4 aromatic rings. The molecule has 0 spiro atoms. The summed E-state index contributed by atoms with van der Waals surface area (Å²) in [5, 5.41) is 6.40. The van der Waals surface area contributed by atoms with Crippen molar-refractivity contribution in [3.8, 4) is 0 Å². The summed E-state index contributed by atoms with van der Waals surface area (Å²) in [6.07, 6.45) is 7.28. The molecule has 3 aliphatic heterocycles. The van der Waals surface area contributed by atoms with Crippen LogP contribution < -0.4 is 14.7 Å². The Hall–Kier alpha value is -3.46. The summed E-state index contributed by atoms with van der Waals surface area (Å²) in [7, 11) is 0. The molecule has 1 atom stereocenters. The largest absolute Gasteiger partial charge is 0.378 e. The second kappa shape index (κ2) is 9.45. The van der Waals surface area contributed by atoms with Crippen molar-refractivity contribution in [3.63, 3.8) is 0 Å². The summed E-state index contributed by atoms with van der Waals surface area (Å²) in [5.41, 5.74) is 4.30. The zero-order valence-corrected chi connectivity index (χ0v) is 21.5. The number of piperidine rings is 1. The van der Waals surface area contributed by atoms with Gasteiger partial charge in [0.05, 0.1) is 30.5 Å². The molecule has 3 fully saturated rings. The third kappa shape index (κ3) is 3.96. The van der Waals surface area contributed by atoms with Gasteiger partial charge in [-0.3, -0.25) is 0 Å². The van der Waals surface area contributed by atoms with Gasteiger partial charge < -0.3 is 19.4 Å². The average molecular weight is 499 g/mol. The van der Waals surface area contributed by atoms with Crippen molar-refractivity contribution in [3.05, 3.63) is 47.9 Å². The van der Waals surface area contributed by atoms with Crippen molar-refractivity contribution in [2.45, 2.75) is 45.1 Å². The van der Waals surface area contributed by atoms with Crippen LogP contribution in [0.15, 0.2) is 36.7 Å². The minimum absolute atomic E-state index is 0.156. The molecule has 0 radical (unpaired) electrons. The molecule has 192 valence electrons. The fraction of sp³-hybridized carbons (Fsp3) is 0.500. The molecule has 0 amide bonds. The lowest BCUT2D eigenvalue weighted by molar-refractivity contribution is 0.122. The Morgan fingerprint density at radius 3 is 2.65 bits per heavy atom. The summed E-state index contributed by atoms with van der Waals surface area (Å²) in [5.74, 6) is 3.21. The Balaban J connectivity index is 1.34. The van der Waals surface area contributed by atoms with Crippen molar-refractivity contribution in [1.82, 2.24) is 24.6 Å². The molecule has 7 rings (SSSR count). The molecule has 0 N–H and O–H groups in total. The monoisotopic (exact) mass is 498 g/mol. The van der Waals surface area contributed by atoms with Gasteiger partial charge in [0.15, 0.2) is 5.65 Å². The van der Waals surface area contributed by atoms with E-state index in [1.165, 1.54) is 23.8 Å². The number of hydrogen-bond donors (Lipinski definition) is 0. The van der Waals surface area contributed by atoms with Crippen molar-refractivity contribution in [2.24, 2.45) is 0 Å². The summed E-state index contributed by atoms with van der Waals surface area (Å²) in [6.45, 7) is 8.54. The molecule has 1 aromatic carbocycles. The van der Waals surface area contributed by atoms with E-state index in [0.717, 1.165) is 99.5 Å². The molecule has 9 heteroatoms. The number of benzene rings is 1. The van der Waals surface area contributed by atoms with Crippen molar-refractivity contribution >= 4 is 34.0 Å². The first-order valence-electron chi connectivity index (χ1n) is 13.8. The van der Waals surface area contributed by atoms with E-state index in [4.69, 9.17) is 19.8 Å². The number of hydrogen-bond acceptors (Lipinski definition) is 8. The molecular weight excluding hydrogens is 464 g/mol. The number of morpholine rings is 1. The minimum atomic E-state index is 0.156. The predicted molar refractivity (Wildman–Crippen MR) is 146 cm³/mol.